The van der Waals surface area contributed by atoms with E-state index in [2.05, 4.69) is 82.3 Å². The van der Waals surface area contributed by atoms with E-state index in [-0.39, 0.29) is 51.8 Å². The molecule has 1 aromatic rings. The highest BCUT2D eigenvalue weighted by atomic mass is 16.5. The predicted octanol–water partition coefficient (Wildman–Crippen LogP) is 7.59. The fraction of sp³-hybridized carbons (Fsp3) is 0.804. The molecule has 0 spiro atoms. The van der Waals surface area contributed by atoms with Crippen LogP contribution < -0.4 is 0 Å². The number of aliphatic hydroxyl groups excluding tert-OH is 1. The van der Waals surface area contributed by atoms with Crippen molar-refractivity contribution in [3.8, 4) is 0 Å². The first-order chi connectivity index (χ1) is 26.0. The van der Waals surface area contributed by atoms with Crippen LogP contribution in [0.4, 0.5) is 0 Å². The van der Waals surface area contributed by atoms with E-state index in [1.807, 2.05) is 6.07 Å². The van der Waals surface area contributed by atoms with Gasteiger partial charge in [-0.2, -0.15) is 0 Å². The van der Waals surface area contributed by atoms with Gasteiger partial charge in [-0.15, -0.1) is 0 Å². The summed E-state index contributed by atoms with van der Waals surface area (Å²) in [5, 5.41) is 22.3. The smallest absolute Gasteiger partial charge is 0.309 e. The van der Waals surface area contributed by atoms with Crippen molar-refractivity contribution < 1.29 is 29.3 Å². The molecule has 1 unspecified atom stereocenters. The van der Waals surface area contributed by atoms with E-state index in [4.69, 9.17) is 4.74 Å². The maximum absolute atomic E-state index is 14.3. The lowest BCUT2D eigenvalue weighted by atomic mass is 9.33. The number of nitrogens with zero attached hydrogens (tertiary/aromatic N) is 4. The van der Waals surface area contributed by atoms with Gasteiger partial charge in [0.25, 0.3) is 0 Å². The topological polar surface area (TPSA) is 133 Å². The Bertz CT molecular complexity index is 1690. The molecule has 0 aromatic carbocycles. The minimum absolute atomic E-state index is 0.0342. The summed E-state index contributed by atoms with van der Waals surface area (Å²) in [7, 11) is 4.13. The third-order valence-electron chi connectivity index (χ3n) is 16.8. The fourth-order valence-corrected chi connectivity index (χ4v) is 13.5. The number of allylic oxidation sites excluding steroid dienone is 1. The van der Waals surface area contributed by atoms with Gasteiger partial charge in [0.2, 0.25) is 0 Å². The summed E-state index contributed by atoms with van der Waals surface area (Å²) in [4.78, 5) is 52.7. The van der Waals surface area contributed by atoms with Crippen LogP contribution in [-0.2, 0) is 25.7 Å². The zero-order valence-corrected chi connectivity index (χ0v) is 36.4. The van der Waals surface area contributed by atoms with E-state index in [0.29, 0.717) is 31.3 Å². The molecule has 5 aliphatic rings. The Kier molecular flexibility index (Phi) is 11.6. The van der Waals surface area contributed by atoms with E-state index in [1.54, 1.807) is 26.2 Å². The molecule has 0 saturated heterocycles. The van der Waals surface area contributed by atoms with E-state index >= 15 is 0 Å². The van der Waals surface area contributed by atoms with Gasteiger partial charge in [-0.25, -0.2) is 9.97 Å². The molecule has 10 nitrogen and oxygen atoms in total. The quantitative estimate of drug-likeness (QED) is 0.193. The summed E-state index contributed by atoms with van der Waals surface area (Å²) in [6.07, 6.45) is 10.6. The Hall–Kier alpha value is -2.69. The maximum Gasteiger partial charge on any atom is 0.309 e. The summed E-state index contributed by atoms with van der Waals surface area (Å²) in [5.74, 6) is 0.708. The van der Waals surface area contributed by atoms with Crippen molar-refractivity contribution in [3.63, 3.8) is 0 Å². The number of rotatable bonds is 13. The minimum atomic E-state index is -1.17. The standard InChI is InChI=1S/C46H72N4O6/c1-29(2)38-31(51)25-46(34(52)27-50(24-23-49(10)11)28-36-47-21-12-22-48-36)20-19-44(8)30(39(38)46)13-14-33-43(7)17-16-35(56-37(53)26-41(3,4)40(54)55)42(5,6)32(43)15-18-45(33,44)9/h12,21-22,29-30,32-35,52H,13-20,23-28H2,1-11H3,(H,54,55)/t30-,32+,33-,34+,35?,43+,44-,45-,46+/m1/s1. The minimum Gasteiger partial charge on any atom is -0.481 e. The van der Waals surface area contributed by atoms with Crippen LogP contribution in [0.15, 0.2) is 29.6 Å². The number of hydrogen-bond acceptors (Lipinski definition) is 9. The van der Waals surface area contributed by atoms with E-state index in [0.717, 1.165) is 75.9 Å². The van der Waals surface area contributed by atoms with Crippen molar-refractivity contribution in [2.24, 2.45) is 56.2 Å². The summed E-state index contributed by atoms with van der Waals surface area (Å²) in [5.41, 5.74) is 0.328. The molecule has 9 atom stereocenters. The van der Waals surface area contributed by atoms with E-state index in [1.165, 1.54) is 5.57 Å². The van der Waals surface area contributed by atoms with Crippen LogP contribution in [0.1, 0.15) is 132 Å². The highest BCUT2D eigenvalue weighted by Crippen LogP contribution is 2.77. The molecule has 0 radical (unpaired) electrons. The van der Waals surface area contributed by atoms with Gasteiger partial charge in [-0.05, 0) is 131 Å². The van der Waals surface area contributed by atoms with Gasteiger partial charge in [0, 0.05) is 49.3 Å². The molecule has 5 aliphatic carbocycles. The van der Waals surface area contributed by atoms with Gasteiger partial charge >= 0.3 is 11.9 Å². The Labute approximate surface area is 336 Å². The summed E-state index contributed by atoms with van der Waals surface area (Å²) < 4.78 is 6.19. The first-order valence-electron chi connectivity index (χ1n) is 21.5. The highest BCUT2D eigenvalue weighted by molar-refractivity contribution is 6.00. The number of carboxylic acid groups (broad SMARTS) is 1. The largest absolute Gasteiger partial charge is 0.481 e. The fourth-order valence-electron chi connectivity index (χ4n) is 13.5. The molecule has 4 fully saturated rings. The number of esters is 1. The molecular formula is C46H72N4O6. The molecule has 0 aliphatic heterocycles. The third kappa shape index (κ3) is 7.09. The van der Waals surface area contributed by atoms with Crippen LogP contribution in [-0.4, -0.2) is 93.6 Å². The van der Waals surface area contributed by atoms with E-state index < -0.39 is 28.9 Å². The van der Waals surface area contributed by atoms with Crippen LogP contribution >= 0.6 is 0 Å². The molecular weight excluding hydrogens is 705 g/mol. The number of carbonyl (C=O) groups is 3. The summed E-state index contributed by atoms with van der Waals surface area (Å²) >= 11 is 0. The zero-order valence-electron chi connectivity index (χ0n) is 36.4. The van der Waals surface area contributed by atoms with Crippen LogP contribution in [0.25, 0.3) is 0 Å². The maximum atomic E-state index is 14.3. The molecule has 10 heteroatoms. The third-order valence-corrected chi connectivity index (χ3v) is 16.8. The number of aromatic nitrogens is 2. The van der Waals surface area contributed by atoms with Crippen molar-refractivity contribution >= 4 is 17.7 Å². The van der Waals surface area contributed by atoms with Crippen LogP contribution in [0.5, 0.6) is 0 Å². The molecule has 6 rings (SSSR count). The second-order valence-corrected chi connectivity index (χ2v) is 21.3. The molecule has 312 valence electrons. The van der Waals surface area contributed by atoms with Crippen LogP contribution in [0.3, 0.4) is 0 Å². The van der Waals surface area contributed by atoms with Gasteiger partial charge in [-0.3, -0.25) is 19.3 Å². The van der Waals surface area contributed by atoms with Gasteiger partial charge in [0.1, 0.15) is 11.9 Å². The molecule has 1 heterocycles. The number of hydrogen-bond donors (Lipinski definition) is 2. The van der Waals surface area contributed by atoms with Crippen molar-refractivity contribution in [2.45, 2.75) is 145 Å². The molecule has 1 aromatic heterocycles. The predicted molar refractivity (Wildman–Crippen MR) is 217 cm³/mol. The van der Waals surface area contributed by atoms with Crippen LogP contribution in [0.2, 0.25) is 0 Å². The Morgan fingerprint density at radius 2 is 1.61 bits per heavy atom. The monoisotopic (exact) mass is 777 g/mol. The molecule has 56 heavy (non-hydrogen) atoms. The molecule has 0 amide bonds. The second-order valence-electron chi connectivity index (χ2n) is 21.3. The number of aliphatic carboxylic acids is 1. The number of aliphatic hydroxyl groups is 1. The first-order valence-corrected chi connectivity index (χ1v) is 21.5. The normalized spacial score (nSPS) is 35.9. The average Bonchev–Trinajstić information content (AvgIpc) is 3.42. The lowest BCUT2D eigenvalue weighted by Gasteiger charge is -2.72. The average molecular weight is 777 g/mol. The Morgan fingerprint density at radius 3 is 2.23 bits per heavy atom. The SMILES string of the molecule is CC(C)C1=C2[C@H]3CC[C@@H]4[C@@]5(C)CCC(OC(=O)CC(C)(C)C(=O)O)C(C)(C)[C@@H]5CC[C@@]4(C)[C@]3(C)CC[C@@]2([C@@H](O)CN(CCN(C)C)Cc2ncccn2)CC1=O. The van der Waals surface area contributed by atoms with Gasteiger partial charge in [0.15, 0.2) is 5.78 Å². The summed E-state index contributed by atoms with van der Waals surface area (Å²) in [6, 6.07) is 1.83. The summed E-state index contributed by atoms with van der Waals surface area (Å²) in [6.45, 7) is 22.3. The number of ether oxygens (including phenoxy) is 1. The zero-order chi connectivity index (χ0) is 41.2. The first kappa shape index (κ1) is 42.9. The lowest BCUT2D eigenvalue weighted by Crippen LogP contribution is -2.66. The van der Waals surface area contributed by atoms with E-state index in [9.17, 15) is 24.6 Å². The number of ketones is 1. The number of carbonyl (C=O) groups excluding carboxylic acids is 2. The lowest BCUT2D eigenvalue weighted by molar-refractivity contribution is -0.235. The highest BCUT2D eigenvalue weighted by Gasteiger charge is 2.71. The number of Topliss-reactive ketones (excluding diaryl/α,β-unsaturated/α-hetero) is 1. The van der Waals surface area contributed by atoms with Crippen LogP contribution in [0, 0.1) is 56.2 Å². The van der Waals surface area contributed by atoms with Crippen molar-refractivity contribution in [2.75, 3.05) is 33.7 Å². The molecule has 0 bridgehead atoms. The molecule has 2 N–H and O–H groups in total. The number of likely N-dealkylation sites (N-methyl/N-ethyl adjacent to an activating group) is 1. The van der Waals surface area contributed by atoms with Crippen molar-refractivity contribution in [3.05, 3.63) is 35.4 Å². The van der Waals surface area contributed by atoms with Crippen molar-refractivity contribution in [1.29, 1.82) is 0 Å². The second kappa shape index (κ2) is 15.2. The van der Waals surface area contributed by atoms with Crippen molar-refractivity contribution in [1.82, 2.24) is 19.8 Å². The van der Waals surface area contributed by atoms with Gasteiger partial charge in [0.05, 0.1) is 24.5 Å². The molecule has 4 saturated carbocycles. The number of carboxylic acids is 1. The number of fused-ring (bicyclic) bond motifs is 7. The Morgan fingerprint density at radius 1 is 0.929 bits per heavy atom. The van der Waals surface area contributed by atoms with Gasteiger partial charge in [-0.1, -0.05) is 54.0 Å². The van der Waals surface area contributed by atoms with Gasteiger partial charge < -0.3 is 19.8 Å². The Balaban J connectivity index is 1.29.